The summed E-state index contributed by atoms with van der Waals surface area (Å²) in [5.74, 6) is -1.60. The molecule has 1 aromatic carbocycles. The Morgan fingerprint density at radius 2 is 1.89 bits per heavy atom. The number of benzene rings is 1. The molecule has 2 rings (SSSR count). The first-order chi connectivity index (χ1) is 9.16. The molecule has 1 aromatic heterocycles. The lowest BCUT2D eigenvalue weighted by atomic mass is 10.1. The summed E-state index contributed by atoms with van der Waals surface area (Å²) in [6, 6.07) is 8.88. The molecule has 0 unspecified atom stereocenters. The van der Waals surface area contributed by atoms with Crippen LogP contribution in [-0.4, -0.2) is 17.4 Å². The van der Waals surface area contributed by atoms with E-state index in [-0.39, 0.29) is 11.4 Å². The Labute approximate surface area is 109 Å². The van der Waals surface area contributed by atoms with Gasteiger partial charge in [0.2, 0.25) is 5.95 Å². The van der Waals surface area contributed by atoms with Crippen molar-refractivity contribution in [3.8, 4) is 0 Å². The average molecular weight is 262 g/mol. The first-order valence-electron chi connectivity index (χ1n) is 5.80. The molecule has 0 spiro atoms. The lowest BCUT2D eigenvalue weighted by Gasteiger charge is -2.05. The molecule has 0 aliphatic heterocycles. The van der Waals surface area contributed by atoms with Gasteiger partial charge < -0.3 is 5.32 Å². The molecule has 3 nitrogen and oxygen atoms in total. The first kappa shape index (κ1) is 13.1. The van der Waals surface area contributed by atoms with Crippen molar-refractivity contribution in [1.82, 2.24) is 10.3 Å². The van der Waals surface area contributed by atoms with Crippen LogP contribution in [0.3, 0.4) is 0 Å². The fourth-order valence-corrected chi connectivity index (χ4v) is 1.62. The van der Waals surface area contributed by atoms with Crippen LogP contribution >= 0.6 is 0 Å². The van der Waals surface area contributed by atoms with Gasteiger partial charge in [0.25, 0.3) is 5.91 Å². The minimum Gasteiger partial charge on any atom is -0.352 e. The number of nitrogens with one attached hydrogen (secondary N) is 1. The van der Waals surface area contributed by atoms with Gasteiger partial charge >= 0.3 is 0 Å². The largest absolute Gasteiger partial charge is 0.352 e. The zero-order valence-electron chi connectivity index (χ0n) is 10.1. The number of rotatable bonds is 4. The molecule has 1 amide bonds. The van der Waals surface area contributed by atoms with Crippen molar-refractivity contribution in [3.05, 3.63) is 65.5 Å². The van der Waals surface area contributed by atoms with Gasteiger partial charge in [0.1, 0.15) is 5.82 Å². The summed E-state index contributed by atoms with van der Waals surface area (Å²) in [6.45, 7) is 0.346. The van der Waals surface area contributed by atoms with Gasteiger partial charge in [0.05, 0.1) is 5.56 Å². The molecule has 1 heterocycles. The smallest absolute Gasteiger partial charge is 0.255 e. The van der Waals surface area contributed by atoms with Gasteiger partial charge in [-0.1, -0.05) is 12.1 Å². The van der Waals surface area contributed by atoms with Crippen LogP contribution in [0.1, 0.15) is 15.9 Å². The van der Waals surface area contributed by atoms with E-state index in [9.17, 15) is 13.6 Å². The van der Waals surface area contributed by atoms with Crippen molar-refractivity contribution in [3.63, 3.8) is 0 Å². The molecule has 0 saturated heterocycles. The SMILES string of the molecule is O=C(NCCc1ccc(F)cc1)c1cccnc1F. The molecule has 98 valence electrons. The molecule has 1 N–H and O–H groups in total. The highest BCUT2D eigenvalue weighted by Gasteiger charge is 2.10. The van der Waals surface area contributed by atoms with Crippen molar-refractivity contribution in [2.24, 2.45) is 0 Å². The van der Waals surface area contributed by atoms with Crippen LogP contribution < -0.4 is 5.32 Å². The van der Waals surface area contributed by atoms with Crippen LogP contribution in [-0.2, 0) is 6.42 Å². The quantitative estimate of drug-likeness (QED) is 0.859. The van der Waals surface area contributed by atoms with E-state index in [1.54, 1.807) is 12.1 Å². The van der Waals surface area contributed by atoms with Crippen molar-refractivity contribution < 1.29 is 13.6 Å². The summed E-state index contributed by atoms with van der Waals surface area (Å²) in [7, 11) is 0. The summed E-state index contributed by atoms with van der Waals surface area (Å²) >= 11 is 0. The van der Waals surface area contributed by atoms with Gasteiger partial charge in [-0.05, 0) is 36.2 Å². The van der Waals surface area contributed by atoms with E-state index < -0.39 is 11.9 Å². The second-order valence-electron chi connectivity index (χ2n) is 3.97. The highest BCUT2D eigenvalue weighted by atomic mass is 19.1. The molecule has 0 fully saturated rings. The second-order valence-corrected chi connectivity index (χ2v) is 3.97. The number of halogens is 2. The van der Waals surface area contributed by atoms with Gasteiger partial charge in [-0.3, -0.25) is 4.79 Å². The highest BCUT2D eigenvalue weighted by Crippen LogP contribution is 2.04. The third kappa shape index (κ3) is 3.58. The standard InChI is InChI=1S/C14H12F2N2O/c15-11-5-3-10(4-6-11)7-9-18-14(19)12-2-1-8-17-13(12)16/h1-6,8H,7,9H2,(H,18,19). The van der Waals surface area contributed by atoms with Crippen LogP contribution in [0.4, 0.5) is 8.78 Å². The molecule has 0 aliphatic rings. The predicted octanol–water partition coefficient (Wildman–Crippen LogP) is 2.33. The van der Waals surface area contributed by atoms with Crippen LogP contribution in [0.15, 0.2) is 42.6 Å². The Bertz CT molecular complexity index is 570. The predicted molar refractivity (Wildman–Crippen MR) is 66.6 cm³/mol. The van der Waals surface area contributed by atoms with Crippen LogP contribution in [0.25, 0.3) is 0 Å². The van der Waals surface area contributed by atoms with Gasteiger partial charge in [-0.25, -0.2) is 9.37 Å². The molecule has 0 radical (unpaired) electrons. The van der Waals surface area contributed by atoms with E-state index in [0.29, 0.717) is 13.0 Å². The second kappa shape index (κ2) is 6.04. The summed E-state index contributed by atoms with van der Waals surface area (Å²) in [5, 5.41) is 2.59. The summed E-state index contributed by atoms with van der Waals surface area (Å²) < 4.78 is 25.9. The summed E-state index contributed by atoms with van der Waals surface area (Å²) in [5.41, 5.74) is 0.815. The molecular formula is C14H12F2N2O. The van der Waals surface area contributed by atoms with Crippen LogP contribution in [0, 0.1) is 11.8 Å². The number of hydrogen-bond acceptors (Lipinski definition) is 2. The zero-order chi connectivity index (χ0) is 13.7. The van der Waals surface area contributed by atoms with Gasteiger partial charge in [-0.15, -0.1) is 0 Å². The third-order valence-electron chi connectivity index (χ3n) is 2.62. The monoisotopic (exact) mass is 262 g/mol. The zero-order valence-corrected chi connectivity index (χ0v) is 10.1. The minimum absolute atomic E-state index is 0.0818. The van der Waals surface area contributed by atoms with E-state index in [4.69, 9.17) is 0 Å². The molecule has 2 aromatic rings. The Morgan fingerprint density at radius 1 is 1.16 bits per heavy atom. The maximum Gasteiger partial charge on any atom is 0.255 e. The molecule has 0 aliphatic carbocycles. The molecule has 0 saturated carbocycles. The maximum atomic E-state index is 13.2. The maximum absolute atomic E-state index is 13.2. The van der Waals surface area contributed by atoms with Crippen molar-refractivity contribution in [2.75, 3.05) is 6.54 Å². The lowest BCUT2D eigenvalue weighted by Crippen LogP contribution is -2.26. The Kier molecular flexibility index (Phi) is 4.18. The summed E-state index contributed by atoms with van der Waals surface area (Å²) in [4.78, 5) is 15.1. The Hall–Kier alpha value is -2.30. The van der Waals surface area contributed by atoms with E-state index in [0.717, 1.165) is 5.56 Å². The number of pyridine rings is 1. The van der Waals surface area contributed by atoms with Crippen LogP contribution in [0.5, 0.6) is 0 Å². The third-order valence-corrected chi connectivity index (χ3v) is 2.62. The summed E-state index contributed by atoms with van der Waals surface area (Å²) in [6.07, 6.45) is 1.83. The topological polar surface area (TPSA) is 42.0 Å². The first-order valence-corrected chi connectivity index (χ1v) is 5.80. The van der Waals surface area contributed by atoms with Gasteiger partial charge in [0.15, 0.2) is 0 Å². The van der Waals surface area contributed by atoms with E-state index in [2.05, 4.69) is 10.3 Å². The van der Waals surface area contributed by atoms with Crippen LogP contribution in [0.2, 0.25) is 0 Å². The highest BCUT2D eigenvalue weighted by molar-refractivity contribution is 5.94. The number of aromatic nitrogens is 1. The van der Waals surface area contributed by atoms with Crippen molar-refractivity contribution >= 4 is 5.91 Å². The molecule has 5 heteroatoms. The van der Waals surface area contributed by atoms with E-state index >= 15 is 0 Å². The molecule has 19 heavy (non-hydrogen) atoms. The fourth-order valence-electron chi connectivity index (χ4n) is 1.62. The lowest BCUT2D eigenvalue weighted by molar-refractivity contribution is 0.0949. The van der Waals surface area contributed by atoms with E-state index in [1.165, 1.54) is 30.5 Å². The number of nitrogens with zero attached hydrogens (tertiary/aromatic N) is 1. The Morgan fingerprint density at radius 3 is 2.58 bits per heavy atom. The Balaban J connectivity index is 1.88. The normalized spacial score (nSPS) is 10.2. The minimum atomic E-state index is -0.790. The van der Waals surface area contributed by atoms with Crippen molar-refractivity contribution in [1.29, 1.82) is 0 Å². The van der Waals surface area contributed by atoms with Gasteiger partial charge in [-0.2, -0.15) is 4.39 Å². The molecular weight excluding hydrogens is 250 g/mol. The van der Waals surface area contributed by atoms with E-state index in [1.807, 2.05) is 0 Å². The average Bonchev–Trinajstić information content (AvgIpc) is 2.41. The molecule has 0 atom stereocenters. The fraction of sp³-hybridized carbons (Fsp3) is 0.143. The number of hydrogen-bond donors (Lipinski definition) is 1. The number of amides is 1. The number of carbonyl (C=O) groups is 1. The van der Waals surface area contributed by atoms with Crippen molar-refractivity contribution in [2.45, 2.75) is 6.42 Å². The molecule has 0 bridgehead atoms. The number of carbonyl (C=O) groups excluding carboxylic acids is 1. The van der Waals surface area contributed by atoms with Gasteiger partial charge in [0, 0.05) is 12.7 Å².